The fourth-order valence-corrected chi connectivity index (χ4v) is 4.11. The van der Waals surface area contributed by atoms with Crippen molar-refractivity contribution in [1.29, 1.82) is 0 Å². The van der Waals surface area contributed by atoms with Crippen LogP contribution < -0.4 is 9.91 Å². The van der Waals surface area contributed by atoms with Crippen molar-refractivity contribution in [2.75, 3.05) is 16.5 Å². The SMILES string of the molecule is CCOC(=O)C1=NN(c2ccc(Br)cc2)[C@@H]2C(=O)N(c3cccc(Cl)c3C)C(=O)[C@@H]12. The van der Waals surface area contributed by atoms with Crippen molar-refractivity contribution in [3.8, 4) is 0 Å². The van der Waals surface area contributed by atoms with Gasteiger partial charge in [-0.15, -0.1) is 0 Å². The molecule has 1 fully saturated rings. The third-order valence-electron chi connectivity index (χ3n) is 5.10. The summed E-state index contributed by atoms with van der Waals surface area (Å²) in [4.78, 5) is 40.4. The second-order valence-electron chi connectivity index (χ2n) is 6.85. The summed E-state index contributed by atoms with van der Waals surface area (Å²) in [6.07, 6.45) is 0. The molecule has 2 aromatic rings. The molecule has 0 aliphatic carbocycles. The van der Waals surface area contributed by atoms with Crippen molar-refractivity contribution in [1.82, 2.24) is 0 Å². The van der Waals surface area contributed by atoms with Crippen LogP contribution in [0.1, 0.15) is 12.5 Å². The number of carbonyl (C=O) groups is 3. The number of esters is 1. The van der Waals surface area contributed by atoms with Gasteiger partial charge in [0, 0.05) is 9.50 Å². The molecule has 2 atom stereocenters. The van der Waals surface area contributed by atoms with Crippen LogP contribution in [-0.4, -0.2) is 36.1 Å². The molecule has 9 heteroatoms. The number of hydrazone groups is 1. The Balaban J connectivity index is 1.82. The largest absolute Gasteiger partial charge is 0.461 e. The number of imide groups is 1. The first-order valence-corrected chi connectivity index (χ1v) is 10.5. The van der Waals surface area contributed by atoms with Crippen LogP contribution in [0.15, 0.2) is 52.0 Å². The van der Waals surface area contributed by atoms with E-state index in [4.69, 9.17) is 16.3 Å². The summed E-state index contributed by atoms with van der Waals surface area (Å²) in [6.45, 7) is 3.53. The van der Waals surface area contributed by atoms with E-state index in [2.05, 4.69) is 21.0 Å². The lowest BCUT2D eigenvalue weighted by Gasteiger charge is -2.23. The van der Waals surface area contributed by atoms with Gasteiger partial charge in [-0.2, -0.15) is 5.10 Å². The summed E-state index contributed by atoms with van der Waals surface area (Å²) in [5, 5.41) is 6.18. The first kappa shape index (κ1) is 20.6. The summed E-state index contributed by atoms with van der Waals surface area (Å²) in [6, 6.07) is 11.1. The number of hydrogen-bond acceptors (Lipinski definition) is 6. The summed E-state index contributed by atoms with van der Waals surface area (Å²) < 4.78 is 5.95. The minimum absolute atomic E-state index is 0.0784. The number of halogens is 2. The standard InChI is InChI=1S/C21H17BrClN3O4/c1-3-30-21(29)17-16-18(26(24-17)13-9-7-12(22)8-10-13)20(28)25(19(16)27)15-6-4-5-14(23)11(15)2/h4-10,16,18H,3H2,1-2H3/t16-,18-/m0/s1. The normalized spacial score (nSPS) is 20.5. The summed E-state index contributed by atoms with van der Waals surface area (Å²) in [5.41, 5.74) is 1.50. The first-order valence-electron chi connectivity index (χ1n) is 9.28. The maximum Gasteiger partial charge on any atom is 0.355 e. The number of rotatable bonds is 4. The Bertz CT molecular complexity index is 1090. The van der Waals surface area contributed by atoms with Gasteiger partial charge in [-0.1, -0.05) is 33.6 Å². The van der Waals surface area contributed by atoms with Gasteiger partial charge < -0.3 is 4.74 Å². The molecule has 0 spiro atoms. The topological polar surface area (TPSA) is 79.3 Å². The molecule has 0 bridgehead atoms. The van der Waals surface area contributed by atoms with Gasteiger partial charge in [0.1, 0.15) is 12.0 Å². The van der Waals surface area contributed by atoms with Crippen molar-refractivity contribution in [3.05, 3.63) is 57.5 Å². The van der Waals surface area contributed by atoms with E-state index in [1.165, 1.54) is 5.01 Å². The highest BCUT2D eigenvalue weighted by Crippen LogP contribution is 2.40. The van der Waals surface area contributed by atoms with Crippen LogP contribution in [0.25, 0.3) is 0 Å². The lowest BCUT2D eigenvalue weighted by Crippen LogP contribution is -2.39. The number of carbonyl (C=O) groups excluding carboxylic acids is 3. The number of fused-ring (bicyclic) bond motifs is 1. The Labute approximate surface area is 186 Å². The molecule has 154 valence electrons. The van der Waals surface area contributed by atoms with Gasteiger partial charge in [0.15, 0.2) is 5.71 Å². The summed E-state index contributed by atoms with van der Waals surface area (Å²) in [7, 11) is 0. The van der Waals surface area contributed by atoms with Gasteiger partial charge in [-0.3, -0.25) is 14.6 Å². The molecular formula is C21H17BrClN3O4. The maximum absolute atomic E-state index is 13.4. The molecule has 2 heterocycles. The van der Waals surface area contributed by atoms with E-state index in [1.54, 1.807) is 56.3 Å². The van der Waals surface area contributed by atoms with E-state index in [1.807, 2.05) is 0 Å². The Morgan fingerprint density at radius 3 is 2.53 bits per heavy atom. The molecule has 2 aromatic carbocycles. The average Bonchev–Trinajstić information content (AvgIpc) is 3.23. The molecule has 2 amide bonds. The third-order valence-corrected chi connectivity index (χ3v) is 6.04. The van der Waals surface area contributed by atoms with Crippen LogP contribution in [0.5, 0.6) is 0 Å². The van der Waals surface area contributed by atoms with E-state index in [9.17, 15) is 14.4 Å². The minimum Gasteiger partial charge on any atom is -0.461 e. The molecule has 2 aliphatic heterocycles. The summed E-state index contributed by atoms with van der Waals surface area (Å²) >= 11 is 9.58. The van der Waals surface area contributed by atoms with E-state index >= 15 is 0 Å². The van der Waals surface area contributed by atoms with Crippen LogP contribution >= 0.6 is 27.5 Å². The number of ether oxygens (including phenoxy) is 1. The van der Waals surface area contributed by atoms with Crippen LogP contribution in [-0.2, 0) is 19.1 Å². The van der Waals surface area contributed by atoms with Crippen molar-refractivity contribution < 1.29 is 19.1 Å². The molecule has 0 N–H and O–H groups in total. The quantitative estimate of drug-likeness (QED) is 0.482. The van der Waals surface area contributed by atoms with Gasteiger partial charge in [-0.25, -0.2) is 9.69 Å². The lowest BCUT2D eigenvalue weighted by molar-refractivity contribution is -0.136. The van der Waals surface area contributed by atoms with Gasteiger partial charge in [0.05, 0.1) is 18.0 Å². The molecule has 30 heavy (non-hydrogen) atoms. The average molecular weight is 491 g/mol. The Morgan fingerprint density at radius 2 is 1.87 bits per heavy atom. The van der Waals surface area contributed by atoms with Crippen LogP contribution in [0, 0.1) is 12.8 Å². The maximum atomic E-state index is 13.4. The Hall–Kier alpha value is -2.71. The Morgan fingerprint density at radius 1 is 1.17 bits per heavy atom. The molecule has 4 rings (SSSR count). The van der Waals surface area contributed by atoms with Crippen molar-refractivity contribution in [2.24, 2.45) is 11.0 Å². The fraction of sp³-hybridized carbons (Fsp3) is 0.238. The fourth-order valence-electron chi connectivity index (χ4n) is 3.67. The smallest absolute Gasteiger partial charge is 0.355 e. The number of anilines is 2. The zero-order valence-electron chi connectivity index (χ0n) is 16.1. The van der Waals surface area contributed by atoms with Gasteiger partial charge in [-0.05, 0) is 55.8 Å². The highest BCUT2D eigenvalue weighted by atomic mass is 79.9. The predicted molar refractivity (Wildman–Crippen MR) is 117 cm³/mol. The van der Waals surface area contributed by atoms with Crippen LogP contribution in [0.3, 0.4) is 0 Å². The van der Waals surface area contributed by atoms with Gasteiger partial charge >= 0.3 is 5.97 Å². The lowest BCUT2D eigenvalue weighted by atomic mass is 9.98. The molecule has 0 radical (unpaired) electrons. The van der Waals surface area contributed by atoms with Gasteiger partial charge in [0.25, 0.3) is 5.91 Å². The van der Waals surface area contributed by atoms with Crippen molar-refractivity contribution in [3.63, 3.8) is 0 Å². The Kier molecular flexibility index (Phi) is 5.38. The van der Waals surface area contributed by atoms with E-state index in [-0.39, 0.29) is 12.3 Å². The number of nitrogens with zero attached hydrogens (tertiary/aromatic N) is 3. The van der Waals surface area contributed by atoms with E-state index in [0.29, 0.717) is 22.0 Å². The zero-order valence-corrected chi connectivity index (χ0v) is 18.5. The van der Waals surface area contributed by atoms with E-state index < -0.39 is 29.7 Å². The monoisotopic (exact) mass is 489 g/mol. The molecule has 0 aromatic heterocycles. The minimum atomic E-state index is -1.06. The van der Waals surface area contributed by atoms with Gasteiger partial charge in [0.2, 0.25) is 5.91 Å². The number of amides is 2. The van der Waals surface area contributed by atoms with Crippen molar-refractivity contribution in [2.45, 2.75) is 19.9 Å². The van der Waals surface area contributed by atoms with E-state index in [0.717, 1.165) is 9.37 Å². The third kappa shape index (κ3) is 3.20. The molecule has 0 saturated carbocycles. The van der Waals surface area contributed by atoms with Crippen molar-refractivity contribution >= 4 is 62.4 Å². The summed E-state index contributed by atoms with van der Waals surface area (Å²) in [5.74, 6) is -2.76. The molecule has 7 nitrogen and oxygen atoms in total. The first-order chi connectivity index (χ1) is 14.3. The zero-order chi connectivity index (χ0) is 21.6. The second-order valence-corrected chi connectivity index (χ2v) is 8.17. The highest BCUT2D eigenvalue weighted by molar-refractivity contribution is 9.10. The molecule has 0 unspecified atom stereocenters. The number of hydrogen-bond donors (Lipinski definition) is 0. The molecular weight excluding hydrogens is 474 g/mol. The number of benzene rings is 2. The van der Waals surface area contributed by atoms with Crippen LogP contribution in [0.2, 0.25) is 5.02 Å². The molecule has 1 saturated heterocycles. The molecule has 2 aliphatic rings. The highest BCUT2D eigenvalue weighted by Gasteiger charge is 2.59. The predicted octanol–water partition coefficient (Wildman–Crippen LogP) is 3.71. The second kappa shape index (κ2) is 7.85. The van der Waals surface area contributed by atoms with Crippen LogP contribution in [0.4, 0.5) is 11.4 Å².